The number of hydrogen-bond donors (Lipinski definition) is 0. The normalized spacial score (nSPS) is 16.3. The van der Waals surface area contributed by atoms with Gasteiger partial charge >= 0.3 is 0 Å². The molecule has 1 fully saturated rings. The topological polar surface area (TPSA) is 80.4 Å². The number of aliphatic imine (C=N–C) groups is 2. The van der Waals surface area contributed by atoms with Crippen LogP contribution in [-0.4, -0.2) is 43.6 Å². The van der Waals surface area contributed by atoms with Crippen LogP contribution in [0.25, 0.3) is 0 Å². The molecule has 0 aromatic heterocycles. The lowest BCUT2D eigenvalue weighted by molar-refractivity contribution is 0.414. The molecule has 4 aromatic carbocycles. The second kappa shape index (κ2) is 12.8. The summed E-state index contributed by atoms with van der Waals surface area (Å²) in [5, 5.41) is 10.3. The summed E-state index contributed by atoms with van der Waals surface area (Å²) in [5.74, 6) is 2.93. The zero-order chi connectivity index (χ0) is 27.7. The molecule has 1 heterocycles. The molecule has 0 bridgehead atoms. The Morgan fingerprint density at radius 2 is 1.15 bits per heavy atom. The number of benzene rings is 4. The molecule has 0 atom stereocenters. The van der Waals surface area contributed by atoms with E-state index in [0.29, 0.717) is 16.0 Å². The third-order valence-electron chi connectivity index (χ3n) is 5.87. The minimum Gasteiger partial charge on any atom is -0.497 e. The van der Waals surface area contributed by atoms with E-state index in [1.165, 1.54) is 11.8 Å². The van der Waals surface area contributed by atoms with Crippen molar-refractivity contribution in [1.82, 2.24) is 0 Å². The standard InChI is InChI=1S/C31H27N5O3S/c1-37-26-15-9-22(10-16-26)21-32-35-31-36(25-7-5-4-6-8-25)29(33-23-11-17-27(38-2)18-12-23)30(40-31)34-24-13-19-28(39-3)20-14-24/h4-21H,1-3H3/b32-21-,33-29?,34-30?,35-31+. The van der Waals surface area contributed by atoms with Crippen LogP contribution in [0.2, 0.25) is 0 Å². The van der Waals surface area contributed by atoms with Gasteiger partial charge < -0.3 is 14.2 Å². The van der Waals surface area contributed by atoms with Gasteiger partial charge in [-0.1, -0.05) is 18.2 Å². The molecule has 200 valence electrons. The van der Waals surface area contributed by atoms with Gasteiger partial charge in [0.1, 0.15) is 22.3 Å². The van der Waals surface area contributed by atoms with Gasteiger partial charge in [-0.2, -0.15) is 5.10 Å². The quantitative estimate of drug-likeness (QED) is 0.173. The Labute approximate surface area is 237 Å². The molecular weight excluding hydrogens is 522 g/mol. The Balaban J connectivity index is 1.59. The number of amidine groups is 2. The van der Waals surface area contributed by atoms with E-state index in [9.17, 15) is 0 Å². The highest BCUT2D eigenvalue weighted by atomic mass is 32.2. The van der Waals surface area contributed by atoms with Crippen LogP contribution in [0.1, 0.15) is 5.56 Å². The Hall–Kier alpha value is -4.89. The van der Waals surface area contributed by atoms with E-state index in [1.807, 2.05) is 108 Å². The van der Waals surface area contributed by atoms with Crippen LogP contribution in [0, 0.1) is 0 Å². The molecule has 1 aliphatic rings. The maximum atomic E-state index is 5.32. The smallest absolute Gasteiger partial charge is 0.202 e. The van der Waals surface area contributed by atoms with Crippen LogP contribution in [0.15, 0.2) is 123 Å². The highest BCUT2D eigenvalue weighted by molar-refractivity contribution is 8.29. The highest BCUT2D eigenvalue weighted by Gasteiger charge is 2.35. The van der Waals surface area contributed by atoms with E-state index in [-0.39, 0.29) is 0 Å². The molecule has 8 nitrogen and oxygen atoms in total. The van der Waals surface area contributed by atoms with Gasteiger partial charge in [-0.3, -0.25) is 4.90 Å². The maximum Gasteiger partial charge on any atom is 0.202 e. The SMILES string of the molecule is COc1ccc(/C=N\N=C2\SC(=Nc3ccc(OC)cc3)C(=Nc3ccc(OC)cc3)N2c2ccccc2)cc1. The van der Waals surface area contributed by atoms with E-state index in [0.717, 1.165) is 39.9 Å². The predicted octanol–water partition coefficient (Wildman–Crippen LogP) is 7.12. The molecular formula is C31H27N5O3S. The minimum absolute atomic E-state index is 0.621. The van der Waals surface area contributed by atoms with E-state index in [4.69, 9.17) is 24.2 Å². The zero-order valence-electron chi connectivity index (χ0n) is 22.3. The van der Waals surface area contributed by atoms with Crippen molar-refractivity contribution in [3.8, 4) is 17.2 Å². The molecule has 0 spiro atoms. The molecule has 5 rings (SSSR count). The molecule has 0 saturated carbocycles. The lowest BCUT2D eigenvalue weighted by atomic mass is 10.2. The summed E-state index contributed by atoms with van der Waals surface area (Å²) in [7, 11) is 4.92. The van der Waals surface area contributed by atoms with Gasteiger partial charge in [0, 0.05) is 5.69 Å². The molecule has 0 aliphatic carbocycles. The number of hydrogen-bond acceptors (Lipinski definition) is 8. The Morgan fingerprint density at radius 3 is 1.70 bits per heavy atom. The third kappa shape index (κ3) is 6.39. The van der Waals surface area contributed by atoms with Crippen molar-refractivity contribution < 1.29 is 14.2 Å². The average Bonchev–Trinajstić information content (AvgIpc) is 3.34. The fourth-order valence-electron chi connectivity index (χ4n) is 3.80. The van der Waals surface area contributed by atoms with E-state index < -0.39 is 0 Å². The summed E-state index contributed by atoms with van der Waals surface area (Å²) in [4.78, 5) is 11.9. The molecule has 0 unspecified atom stereocenters. The number of rotatable bonds is 8. The summed E-state index contributed by atoms with van der Waals surface area (Å²) in [6.07, 6.45) is 1.70. The Bertz CT molecular complexity index is 1550. The van der Waals surface area contributed by atoms with Crippen LogP contribution in [0.4, 0.5) is 17.1 Å². The van der Waals surface area contributed by atoms with Crippen molar-refractivity contribution in [2.45, 2.75) is 0 Å². The third-order valence-corrected chi connectivity index (χ3v) is 6.79. The van der Waals surface area contributed by atoms with Gasteiger partial charge in [-0.05, 0) is 102 Å². The van der Waals surface area contributed by atoms with Crippen molar-refractivity contribution in [1.29, 1.82) is 0 Å². The van der Waals surface area contributed by atoms with Crippen molar-refractivity contribution >= 4 is 51.1 Å². The van der Waals surface area contributed by atoms with Gasteiger partial charge in [0.2, 0.25) is 5.17 Å². The summed E-state index contributed by atoms with van der Waals surface area (Å²) < 4.78 is 15.9. The van der Waals surface area contributed by atoms with Crippen molar-refractivity contribution in [3.05, 3.63) is 109 Å². The number of nitrogens with zero attached hydrogens (tertiary/aromatic N) is 5. The van der Waals surface area contributed by atoms with Crippen LogP contribution in [-0.2, 0) is 0 Å². The van der Waals surface area contributed by atoms with E-state index in [2.05, 4.69) is 10.2 Å². The van der Waals surface area contributed by atoms with Crippen molar-refractivity contribution in [2.75, 3.05) is 26.2 Å². The van der Waals surface area contributed by atoms with Gasteiger partial charge in [-0.25, -0.2) is 9.98 Å². The molecule has 0 radical (unpaired) electrons. The fourth-order valence-corrected chi connectivity index (χ4v) is 4.72. The molecule has 0 amide bonds. The first-order valence-electron chi connectivity index (χ1n) is 12.4. The van der Waals surface area contributed by atoms with Gasteiger partial charge in [0.05, 0.1) is 38.9 Å². The number of para-hydroxylation sites is 1. The second-order valence-electron chi connectivity index (χ2n) is 8.42. The monoisotopic (exact) mass is 549 g/mol. The lowest BCUT2D eigenvalue weighted by Crippen LogP contribution is -2.30. The molecule has 40 heavy (non-hydrogen) atoms. The van der Waals surface area contributed by atoms with Gasteiger partial charge in [0.25, 0.3) is 0 Å². The molecule has 9 heteroatoms. The fraction of sp³-hybridized carbons (Fsp3) is 0.0968. The molecule has 1 saturated heterocycles. The first kappa shape index (κ1) is 26.7. The first-order chi connectivity index (χ1) is 19.7. The van der Waals surface area contributed by atoms with Crippen molar-refractivity contribution in [3.63, 3.8) is 0 Å². The van der Waals surface area contributed by atoms with Crippen LogP contribution in [0.5, 0.6) is 17.2 Å². The van der Waals surface area contributed by atoms with Gasteiger partial charge in [-0.15, -0.1) is 5.10 Å². The Kier molecular flexibility index (Phi) is 8.53. The average molecular weight is 550 g/mol. The number of anilines is 1. The second-order valence-corrected chi connectivity index (χ2v) is 9.38. The number of thioether (sulfide) groups is 1. The molecule has 4 aromatic rings. The largest absolute Gasteiger partial charge is 0.497 e. The van der Waals surface area contributed by atoms with E-state index in [1.54, 1.807) is 27.5 Å². The first-order valence-corrected chi connectivity index (χ1v) is 13.2. The van der Waals surface area contributed by atoms with Gasteiger partial charge in [0.15, 0.2) is 5.84 Å². The zero-order valence-corrected chi connectivity index (χ0v) is 23.1. The summed E-state index contributed by atoms with van der Waals surface area (Å²) in [6, 6.07) is 32.7. The number of ether oxygens (including phenoxy) is 3. The van der Waals surface area contributed by atoms with Crippen LogP contribution >= 0.6 is 11.8 Å². The number of methoxy groups -OCH3 is 3. The van der Waals surface area contributed by atoms with Crippen LogP contribution in [0.3, 0.4) is 0 Å². The van der Waals surface area contributed by atoms with Crippen molar-refractivity contribution in [2.24, 2.45) is 20.2 Å². The maximum absolute atomic E-state index is 5.32. The highest BCUT2D eigenvalue weighted by Crippen LogP contribution is 2.33. The predicted molar refractivity (Wildman–Crippen MR) is 165 cm³/mol. The molecule has 0 N–H and O–H groups in total. The summed E-state index contributed by atoms with van der Waals surface area (Å²) in [5.41, 5.74) is 3.31. The van der Waals surface area contributed by atoms with E-state index >= 15 is 0 Å². The van der Waals surface area contributed by atoms with Crippen LogP contribution < -0.4 is 19.1 Å². The summed E-state index contributed by atoms with van der Waals surface area (Å²) >= 11 is 1.40. The summed E-state index contributed by atoms with van der Waals surface area (Å²) in [6.45, 7) is 0. The minimum atomic E-state index is 0.621. The lowest BCUT2D eigenvalue weighted by Gasteiger charge is -2.17. The Morgan fingerprint density at radius 1 is 0.625 bits per heavy atom. The molecule has 1 aliphatic heterocycles.